The molecule has 4 nitrogen and oxygen atoms in total. The highest BCUT2D eigenvalue weighted by Gasteiger charge is 2.40. The molecule has 1 aromatic heterocycles. The van der Waals surface area contributed by atoms with E-state index in [-0.39, 0.29) is 18.2 Å². The van der Waals surface area contributed by atoms with Gasteiger partial charge in [0.05, 0.1) is 18.2 Å². The van der Waals surface area contributed by atoms with Gasteiger partial charge in [-0.15, -0.1) is 10.2 Å². The van der Waals surface area contributed by atoms with Gasteiger partial charge < -0.3 is 10.5 Å². The minimum atomic E-state index is -0.206. The monoisotopic (exact) mass is 303 g/mol. The van der Waals surface area contributed by atoms with Crippen molar-refractivity contribution in [1.29, 1.82) is 0 Å². The molecule has 1 fully saturated rings. The van der Waals surface area contributed by atoms with Crippen LogP contribution >= 0.6 is 11.3 Å². The maximum Gasteiger partial charge on any atom is 0.138 e. The van der Waals surface area contributed by atoms with Gasteiger partial charge >= 0.3 is 0 Å². The van der Waals surface area contributed by atoms with Crippen molar-refractivity contribution in [3.63, 3.8) is 0 Å². The van der Waals surface area contributed by atoms with E-state index in [1.807, 2.05) is 30.3 Å². The molecule has 1 aliphatic heterocycles. The number of nitrogens with two attached hydrogens (primary N) is 1. The van der Waals surface area contributed by atoms with Crippen LogP contribution < -0.4 is 5.73 Å². The molecule has 2 aromatic rings. The zero-order chi connectivity index (χ0) is 15.0. The zero-order valence-corrected chi connectivity index (χ0v) is 13.4. The highest BCUT2D eigenvalue weighted by Crippen LogP contribution is 2.41. The van der Waals surface area contributed by atoms with Crippen LogP contribution in [0.4, 0.5) is 0 Å². The molecule has 1 aliphatic rings. The lowest BCUT2D eigenvalue weighted by molar-refractivity contribution is 0.0556. The van der Waals surface area contributed by atoms with Gasteiger partial charge in [-0.05, 0) is 25.3 Å². The van der Waals surface area contributed by atoms with Gasteiger partial charge in [-0.1, -0.05) is 48.6 Å². The lowest BCUT2D eigenvalue weighted by Gasteiger charge is -2.14. The Bertz CT molecular complexity index is 601. The van der Waals surface area contributed by atoms with Gasteiger partial charge in [-0.3, -0.25) is 0 Å². The smallest absolute Gasteiger partial charge is 0.138 e. The average molecular weight is 303 g/mol. The number of hydrogen-bond acceptors (Lipinski definition) is 5. The highest BCUT2D eigenvalue weighted by molar-refractivity contribution is 7.11. The van der Waals surface area contributed by atoms with Crippen LogP contribution in [-0.2, 0) is 4.74 Å². The molecule has 3 rings (SSSR count). The van der Waals surface area contributed by atoms with E-state index in [4.69, 9.17) is 10.5 Å². The van der Waals surface area contributed by atoms with Gasteiger partial charge in [0.2, 0.25) is 0 Å². The summed E-state index contributed by atoms with van der Waals surface area (Å²) >= 11 is 1.62. The maximum absolute atomic E-state index is 6.30. The Morgan fingerprint density at radius 2 is 1.81 bits per heavy atom. The first-order chi connectivity index (χ1) is 10.1. The molecule has 0 spiro atoms. The first kappa shape index (κ1) is 14.6. The van der Waals surface area contributed by atoms with Crippen molar-refractivity contribution < 1.29 is 4.74 Å². The van der Waals surface area contributed by atoms with E-state index in [9.17, 15) is 0 Å². The topological polar surface area (TPSA) is 61.0 Å². The fourth-order valence-corrected chi connectivity index (χ4v) is 4.19. The maximum atomic E-state index is 6.30. The highest BCUT2D eigenvalue weighted by atomic mass is 32.1. The van der Waals surface area contributed by atoms with Gasteiger partial charge in [-0.2, -0.15) is 0 Å². The molecule has 1 aromatic carbocycles. The number of benzene rings is 1. The summed E-state index contributed by atoms with van der Waals surface area (Å²) in [6, 6.07) is 9.82. The Labute approximate surface area is 129 Å². The van der Waals surface area contributed by atoms with Crippen LogP contribution in [0.1, 0.15) is 48.3 Å². The Morgan fingerprint density at radius 1 is 1.10 bits per heavy atom. The van der Waals surface area contributed by atoms with Gasteiger partial charge in [0.25, 0.3) is 0 Å². The minimum Gasteiger partial charge on any atom is -0.375 e. The van der Waals surface area contributed by atoms with Crippen LogP contribution in [0.3, 0.4) is 0 Å². The number of aromatic nitrogens is 2. The molecule has 112 valence electrons. The summed E-state index contributed by atoms with van der Waals surface area (Å²) in [5.74, 6) is 0.767. The number of ether oxygens (including phenoxy) is 1. The predicted molar refractivity (Wildman–Crippen MR) is 84.3 cm³/mol. The first-order valence-corrected chi connectivity index (χ1v) is 8.19. The van der Waals surface area contributed by atoms with Crippen molar-refractivity contribution >= 4 is 11.3 Å². The molecule has 0 aliphatic carbocycles. The second-order valence-corrected chi connectivity index (χ2v) is 6.84. The normalized spacial score (nSPS) is 30.5. The molecule has 5 unspecified atom stereocenters. The van der Waals surface area contributed by atoms with E-state index in [1.54, 1.807) is 11.3 Å². The number of nitrogens with zero attached hydrogens (tertiary/aromatic N) is 2. The van der Waals surface area contributed by atoms with Crippen LogP contribution in [0.2, 0.25) is 0 Å². The largest absolute Gasteiger partial charge is 0.375 e. The van der Waals surface area contributed by atoms with Gasteiger partial charge in [0, 0.05) is 5.92 Å². The standard InChI is InChI=1S/C16H21N3OS/c1-9-10(2)20-11(3)13(9)15-18-19-16(21-15)14(17)12-7-5-4-6-8-12/h4-11,13-14H,17H2,1-3H3. The van der Waals surface area contributed by atoms with E-state index in [2.05, 4.69) is 31.0 Å². The molecule has 2 heterocycles. The van der Waals surface area contributed by atoms with Gasteiger partial charge in [-0.25, -0.2) is 0 Å². The number of hydrogen-bond donors (Lipinski definition) is 1. The van der Waals surface area contributed by atoms with Crippen molar-refractivity contribution in [2.75, 3.05) is 0 Å². The molecule has 2 N–H and O–H groups in total. The Morgan fingerprint density at radius 3 is 2.43 bits per heavy atom. The fourth-order valence-electron chi connectivity index (χ4n) is 3.00. The molecule has 0 saturated carbocycles. The van der Waals surface area contributed by atoms with Crippen molar-refractivity contribution in [3.05, 3.63) is 45.9 Å². The fraction of sp³-hybridized carbons (Fsp3) is 0.500. The SMILES string of the molecule is CC1OC(C)C(c2nnc(C(N)c3ccccc3)s2)C1C. The molecule has 1 saturated heterocycles. The first-order valence-electron chi connectivity index (χ1n) is 7.37. The molecule has 5 heteroatoms. The summed E-state index contributed by atoms with van der Waals surface area (Å²) < 4.78 is 5.90. The van der Waals surface area contributed by atoms with E-state index in [1.165, 1.54) is 0 Å². The Kier molecular flexibility index (Phi) is 4.06. The molecular weight excluding hydrogens is 282 g/mol. The summed E-state index contributed by atoms with van der Waals surface area (Å²) in [6.07, 6.45) is 0.448. The predicted octanol–water partition coefficient (Wildman–Crippen LogP) is 3.11. The van der Waals surface area contributed by atoms with E-state index in [0.717, 1.165) is 15.6 Å². The summed E-state index contributed by atoms with van der Waals surface area (Å²) in [7, 11) is 0. The van der Waals surface area contributed by atoms with Crippen molar-refractivity contribution in [3.8, 4) is 0 Å². The van der Waals surface area contributed by atoms with Gasteiger partial charge in [0.15, 0.2) is 0 Å². The van der Waals surface area contributed by atoms with E-state index < -0.39 is 0 Å². The minimum absolute atomic E-state index is 0.184. The molecule has 5 atom stereocenters. The van der Waals surface area contributed by atoms with Crippen molar-refractivity contribution in [1.82, 2.24) is 10.2 Å². The molecular formula is C16H21N3OS. The van der Waals surface area contributed by atoms with Crippen molar-refractivity contribution in [2.24, 2.45) is 11.7 Å². The summed E-state index contributed by atoms with van der Waals surface area (Å²) in [4.78, 5) is 0. The second-order valence-electron chi connectivity index (χ2n) is 5.80. The third-order valence-corrected chi connectivity index (χ3v) is 5.52. The third-order valence-electron chi connectivity index (χ3n) is 4.41. The molecule has 0 bridgehead atoms. The van der Waals surface area contributed by atoms with E-state index in [0.29, 0.717) is 11.8 Å². The van der Waals surface area contributed by atoms with Crippen LogP contribution in [0.25, 0.3) is 0 Å². The van der Waals surface area contributed by atoms with Crippen LogP contribution in [-0.4, -0.2) is 22.4 Å². The quantitative estimate of drug-likeness (QED) is 0.946. The van der Waals surface area contributed by atoms with Crippen LogP contribution in [0.5, 0.6) is 0 Å². The van der Waals surface area contributed by atoms with E-state index >= 15 is 0 Å². The molecule has 0 radical (unpaired) electrons. The Hall–Kier alpha value is -1.30. The molecule has 21 heavy (non-hydrogen) atoms. The van der Waals surface area contributed by atoms with Crippen LogP contribution in [0, 0.1) is 5.92 Å². The lowest BCUT2D eigenvalue weighted by atomic mass is 9.90. The summed E-state index contributed by atoms with van der Waals surface area (Å²) in [5.41, 5.74) is 7.37. The summed E-state index contributed by atoms with van der Waals surface area (Å²) in [5, 5.41) is 10.6. The second kappa shape index (κ2) is 5.83. The average Bonchev–Trinajstić information content (AvgIpc) is 3.05. The Balaban J connectivity index is 1.84. The van der Waals surface area contributed by atoms with Crippen molar-refractivity contribution in [2.45, 2.75) is 44.9 Å². The van der Waals surface area contributed by atoms with Gasteiger partial charge in [0.1, 0.15) is 10.0 Å². The third kappa shape index (κ3) is 2.73. The zero-order valence-electron chi connectivity index (χ0n) is 12.6. The molecule has 0 amide bonds. The lowest BCUT2D eigenvalue weighted by Crippen LogP contribution is -2.14. The number of rotatable bonds is 3. The van der Waals surface area contributed by atoms with Crippen LogP contribution in [0.15, 0.2) is 30.3 Å². The summed E-state index contributed by atoms with van der Waals surface area (Å²) in [6.45, 7) is 6.46.